The molecule has 0 N–H and O–H groups in total. The largest absolute Gasteiger partial charge is 0.454 e. The van der Waals surface area contributed by atoms with Gasteiger partial charge in [-0.05, 0) is 56.4 Å². The molecule has 4 rings (SSSR count). The first-order valence-corrected chi connectivity index (χ1v) is 10.0. The molecular formula is C25H25NO3. The van der Waals surface area contributed by atoms with Crippen LogP contribution in [0.15, 0.2) is 60.7 Å². The van der Waals surface area contributed by atoms with Crippen molar-refractivity contribution in [1.82, 2.24) is 4.57 Å². The Kier molecular flexibility index (Phi) is 5.34. The zero-order chi connectivity index (χ0) is 20.4. The molecule has 1 fully saturated rings. The Morgan fingerprint density at radius 1 is 0.966 bits per heavy atom. The third-order valence-corrected chi connectivity index (χ3v) is 5.51. The molecule has 0 aliphatic heterocycles. The summed E-state index contributed by atoms with van der Waals surface area (Å²) >= 11 is 0. The Balaban J connectivity index is 1.45. The van der Waals surface area contributed by atoms with Crippen LogP contribution in [0.3, 0.4) is 0 Å². The third-order valence-electron chi connectivity index (χ3n) is 5.51. The summed E-state index contributed by atoms with van der Waals surface area (Å²) in [5.41, 5.74) is 5.23. The second-order valence-corrected chi connectivity index (χ2v) is 7.70. The van der Waals surface area contributed by atoms with Gasteiger partial charge in [-0.3, -0.25) is 4.79 Å². The Morgan fingerprint density at radius 3 is 2.38 bits per heavy atom. The summed E-state index contributed by atoms with van der Waals surface area (Å²) in [5.74, 6) is -0.611. The molecule has 0 radical (unpaired) electrons. The van der Waals surface area contributed by atoms with Crippen molar-refractivity contribution in [2.45, 2.75) is 39.2 Å². The molecule has 2 aromatic carbocycles. The summed E-state index contributed by atoms with van der Waals surface area (Å²) in [6.07, 6.45) is 2.97. The number of ketones is 1. The van der Waals surface area contributed by atoms with Gasteiger partial charge in [0, 0.05) is 23.0 Å². The van der Waals surface area contributed by atoms with Crippen LogP contribution >= 0.6 is 0 Å². The normalized spacial score (nSPS) is 13.3. The summed E-state index contributed by atoms with van der Waals surface area (Å²) in [6, 6.07) is 19.8. The smallest absolute Gasteiger partial charge is 0.338 e. The van der Waals surface area contributed by atoms with Crippen molar-refractivity contribution in [1.29, 1.82) is 0 Å². The minimum absolute atomic E-state index is 0.154. The van der Waals surface area contributed by atoms with Crippen LogP contribution in [0, 0.1) is 13.8 Å². The molecule has 1 aromatic heterocycles. The van der Waals surface area contributed by atoms with Gasteiger partial charge in [0.2, 0.25) is 5.78 Å². The second kappa shape index (κ2) is 8.08. The van der Waals surface area contributed by atoms with Crippen molar-refractivity contribution in [2.24, 2.45) is 0 Å². The monoisotopic (exact) mass is 387 g/mol. The molecule has 148 valence electrons. The average Bonchev–Trinajstić information content (AvgIpc) is 3.51. The van der Waals surface area contributed by atoms with E-state index in [2.05, 4.69) is 4.57 Å². The highest BCUT2D eigenvalue weighted by Gasteiger charge is 2.28. The van der Waals surface area contributed by atoms with E-state index in [1.165, 1.54) is 0 Å². The fourth-order valence-electron chi connectivity index (χ4n) is 3.93. The standard InChI is InChI=1S/C25H25NO3/c1-17-14-23(18(2)26(17)21-12-13-21)24(27)16-29-25(28)22-11-7-6-10-20(22)15-19-8-4-3-5-9-19/h3-11,14,21H,12-13,15-16H2,1-2H3. The summed E-state index contributed by atoms with van der Waals surface area (Å²) in [6.45, 7) is 3.75. The van der Waals surface area contributed by atoms with Crippen LogP contribution in [-0.4, -0.2) is 22.9 Å². The number of hydrogen-bond acceptors (Lipinski definition) is 3. The summed E-state index contributed by atoms with van der Waals surface area (Å²) in [7, 11) is 0. The van der Waals surface area contributed by atoms with Crippen molar-refractivity contribution in [3.63, 3.8) is 0 Å². The quantitative estimate of drug-likeness (QED) is 0.420. The van der Waals surface area contributed by atoms with Crippen molar-refractivity contribution in [2.75, 3.05) is 6.61 Å². The highest BCUT2D eigenvalue weighted by atomic mass is 16.5. The third kappa shape index (κ3) is 4.16. The molecule has 0 bridgehead atoms. The Labute approximate surface area is 171 Å². The van der Waals surface area contributed by atoms with Gasteiger partial charge in [0.05, 0.1) is 5.56 Å². The Bertz CT molecular complexity index is 1050. The van der Waals surface area contributed by atoms with Gasteiger partial charge in [-0.25, -0.2) is 4.79 Å². The molecule has 3 aromatic rings. The van der Waals surface area contributed by atoms with E-state index in [-0.39, 0.29) is 12.4 Å². The van der Waals surface area contributed by atoms with E-state index in [0.29, 0.717) is 23.6 Å². The molecule has 1 aliphatic carbocycles. The first kappa shape index (κ1) is 19.2. The van der Waals surface area contributed by atoms with Gasteiger partial charge in [0.1, 0.15) is 0 Å². The number of carbonyl (C=O) groups is 2. The SMILES string of the molecule is Cc1cc(C(=O)COC(=O)c2ccccc2Cc2ccccc2)c(C)n1C1CC1. The number of benzene rings is 2. The maximum absolute atomic E-state index is 12.7. The molecule has 0 amide bonds. The van der Waals surface area contributed by atoms with E-state index in [1.807, 2.05) is 68.4 Å². The van der Waals surface area contributed by atoms with Crippen molar-refractivity contribution < 1.29 is 14.3 Å². The lowest BCUT2D eigenvalue weighted by Gasteiger charge is -2.10. The summed E-state index contributed by atoms with van der Waals surface area (Å²) in [4.78, 5) is 25.4. The van der Waals surface area contributed by atoms with E-state index in [0.717, 1.165) is 35.4 Å². The maximum Gasteiger partial charge on any atom is 0.338 e. The van der Waals surface area contributed by atoms with Crippen molar-refractivity contribution in [3.05, 3.63) is 94.3 Å². The highest BCUT2D eigenvalue weighted by molar-refractivity contribution is 6.00. The van der Waals surface area contributed by atoms with Gasteiger partial charge in [-0.1, -0.05) is 48.5 Å². The minimum Gasteiger partial charge on any atom is -0.454 e. The molecule has 1 heterocycles. The summed E-state index contributed by atoms with van der Waals surface area (Å²) < 4.78 is 7.63. The zero-order valence-electron chi connectivity index (χ0n) is 16.9. The lowest BCUT2D eigenvalue weighted by atomic mass is 10.00. The molecule has 0 spiro atoms. The lowest BCUT2D eigenvalue weighted by molar-refractivity contribution is 0.0473. The van der Waals surface area contributed by atoms with E-state index < -0.39 is 5.97 Å². The van der Waals surface area contributed by atoms with Gasteiger partial charge in [0.15, 0.2) is 6.61 Å². The van der Waals surface area contributed by atoms with Crippen LogP contribution in [0.5, 0.6) is 0 Å². The van der Waals surface area contributed by atoms with Crippen LogP contribution in [0.1, 0.15) is 62.1 Å². The molecule has 29 heavy (non-hydrogen) atoms. The van der Waals surface area contributed by atoms with Gasteiger partial charge in [0.25, 0.3) is 0 Å². The predicted octanol–water partition coefficient (Wildman–Crippen LogP) is 5.07. The summed E-state index contributed by atoms with van der Waals surface area (Å²) in [5, 5.41) is 0. The maximum atomic E-state index is 12.7. The van der Waals surface area contributed by atoms with E-state index in [4.69, 9.17) is 4.74 Å². The zero-order valence-corrected chi connectivity index (χ0v) is 16.9. The van der Waals surface area contributed by atoms with E-state index in [9.17, 15) is 9.59 Å². The van der Waals surface area contributed by atoms with Gasteiger partial charge < -0.3 is 9.30 Å². The van der Waals surface area contributed by atoms with Gasteiger partial charge in [-0.15, -0.1) is 0 Å². The number of aromatic nitrogens is 1. The molecule has 4 heteroatoms. The number of aryl methyl sites for hydroxylation is 1. The topological polar surface area (TPSA) is 48.3 Å². The van der Waals surface area contributed by atoms with Crippen LogP contribution in [-0.2, 0) is 11.2 Å². The first-order valence-electron chi connectivity index (χ1n) is 10.0. The number of Topliss-reactive ketones (excluding diaryl/α,β-unsaturated/α-hetero) is 1. The number of rotatable bonds is 7. The van der Waals surface area contributed by atoms with Gasteiger partial charge >= 0.3 is 5.97 Å². The number of nitrogens with zero attached hydrogens (tertiary/aromatic N) is 1. The molecule has 0 atom stereocenters. The fourth-order valence-corrected chi connectivity index (χ4v) is 3.93. The molecule has 0 saturated heterocycles. The minimum atomic E-state index is -0.458. The van der Waals surface area contributed by atoms with E-state index >= 15 is 0 Å². The lowest BCUT2D eigenvalue weighted by Crippen LogP contribution is -2.16. The number of carbonyl (C=O) groups excluding carboxylic acids is 2. The van der Waals surface area contributed by atoms with Crippen LogP contribution < -0.4 is 0 Å². The predicted molar refractivity (Wildman–Crippen MR) is 112 cm³/mol. The molecular weight excluding hydrogens is 362 g/mol. The number of esters is 1. The van der Waals surface area contributed by atoms with Crippen LogP contribution in [0.4, 0.5) is 0 Å². The Hall–Kier alpha value is -3.14. The molecule has 1 saturated carbocycles. The number of hydrogen-bond donors (Lipinski definition) is 0. The second-order valence-electron chi connectivity index (χ2n) is 7.70. The first-order chi connectivity index (χ1) is 14.0. The van der Waals surface area contributed by atoms with Crippen molar-refractivity contribution in [3.8, 4) is 0 Å². The van der Waals surface area contributed by atoms with Crippen LogP contribution in [0.25, 0.3) is 0 Å². The molecule has 0 unspecified atom stereocenters. The number of ether oxygens (including phenoxy) is 1. The molecule has 1 aliphatic rings. The molecule has 4 nitrogen and oxygen atoms in total. The van der Waals surface area contributed by atoms with E-state index in [1.54, 1.807) is 6.07 Å². The average molecular weight is 387 g/mol. The highest BCUT2D eigenvalue weighted by Crippen LogP contribution is 2.38. The van der Waals surface area contributed by atoms with Crippen LogP contribution in [0.2, 0.25) is 0 Å². The van der Waals surface area contributed by atoms with Crippen molar-refractivity contribution >= 4 is 11.8 Å². The Morgan fingerprint density at radius 2 is 1.66 bits per heavy atom. The fraction of sp³-hybridized carbons (Fsp3) is 0.280. The van der Waals surface area contributed by atoms with Gasteiger partial charge in [-0.2, -0.15) is 0 Å².